The molecule has 0 aromatic heterocycles. The number of hydrogen-bond donors (Lipinski definition) is 0. The van der Waals surface area contributed by atoms with Gasteiger partial charge in [0.1, 0.15) is 0 Å². The highest BCUT2D eigenvalue weighted by Crippen LogP contribution is 2.20. The van der Waals surface area contributed by atoms with Gasteiger partial charge in [-0.3, -0.25) is 4.79 Å². The Morgan fingerprint density at radius 1 is 1.43 bits per heavy atom. The summed E-state index contributed by atoms with van der Waals surface area (Å²) in [7, 11) is 0. The summed E-state index contributed by atoms with van der Waals surface area (Å²) in [5.41, 5.74) is 2.99. The van der Waals surface area contributed by atoms with Gasteiger partial charge in [-0.2, -0.15) is 0 Å². The zero-order valence-electron chi connectivity index (χ0n) is 8.54. The molecule has 0 fully saturated rings. The van der Waals surface area contributed by atoms with E-state index in [-0.39, 0.29) is 11.9 Å². The van der Waals surface area contributed by atoms with Gasteiger partial charge in [-0.1, -0.05) is 17.7 Å². The lowest BCUT2D eigenvalue weighted by atomic mass is 10.00. The maximum atomic E-state index is 11.8. The monoisotopic (exact) mass is 190 g/mol. The zero-order chi connectivity index (χ0) is 10.1. The van der Waals surface area contributed by atoms with Crippen molar-refractivity contribution in [2.24, 2.45) is 0 Å². The van der Waals surface area contributed by atoms with E-state index >= 15 is 0 Å². The molecule has 1 aliphatic heterocycles. The highest BCUT2D eigenvalue weighted by atomic mass is 16.5. The van der Waals surface area contributed by atoms with Crippen molar-refractivity contribution in [3.8, 4) is 0 Å². The smallest absolute Gasteiger partial charge is 0.165 e. The highest BCUT2D eigenvalue weighted by Gasteiger charge is 2.19. The standard InChI is InChI=1S/C12H14O2/c1-8-3-4-10-7-14-9(2)6-12(13)11(10)5-8/h3-5,9H,6-7H2,1-2H3. The topological polar surface area (TPSA) is 26.3 Å². The molecule has 1 aromatic carbocycles. The Bertz CT molecular complexity index is 369. The predicted octanol–water partition coefficient (Wildman–Crippen LogP) is 2.49. The predicted molar refractivity (Wildman–Crippen MR) is 54.4 cm³/mol. The first-order valence-corrected chi connectivity index (χ1v) is 4.91. The van der Waals surface area contributed by atoms with Crippen LogP contribution in [-0.2, 0) is 11.3 Å². The van der Waals surface area contributed by atoms with Crippen molar-refractivity contribution < 1.29 is 9.53 Å². The number of benzene rings is 1. The van der Waals surface area contributed by atoms with Crippen LogP contribution in [0.15, 0.2) is 18.2 Å². The lowest BCUT2D eigenvalue weighted by molar-refractivity contribution is 0.0502. The Morgan fingerprint density at radius 2 is 2.21 bits per heavy atom. The Hall–Kier alpha value is -1.15. The van der Waals surface area contributed by atoms with Crippen molar-refractivity contribution in [3.63, 3.8) is 0 Å². The third kappa shape index (κ3) is 1.70. The van der Waals surface area contributed by atoms with Crippen molar-refractivity contribution in [3.05, 3.63) is 34.9 Å². The number of ketones is 1. The molecule has 1 aliphatic rings. The summed E-state index contributed by atoms with van der Waals surface area (Å²) in [5, 5.41) is 0. The van der Waals surface area contributed by atoms with Crippen LogP contribution < -0.4 is 0 Å². The first-order valence-electron chi connectivity index (χ1n) is 4.91. The molecule has 14 heavy (non-hydrogen) atoms. The molecule has 1 atom stereocenters. The molecule has 1 unspecified atom stereocenters. The fourth-order valence-electron chi connectivity index (χ4n) is 1.74. The second kappa shape index (κ2) is 3.54. The summed E-state index contributed by atoms with van der Waals surface area (Å²) in [6, 6.07) is 5.96. The minimum Gasteiger partial charge on any atom is -0.373 e. The van der Waals surface area contributed by atoms with Gasteiger partial charge in [-0.25, -0.2) is 0 Å². The Labute approximate surface area is 83.9 Å². The molecule has 0 N–H and O–H groups in total. The molecular weight excluding hydrogens is 176 g/mol. The maximum absolute atomic E-state index is 11.8. The Kier molecular flexibility index (Phi) is 2.38. The van der Waals surface area contributed by atoms with Gasteiger partial charge >= 0.3 is 0 Å². The summed E-state index contributed by atoms with van der Waals surface area (Å²) < 4.78 is 5.52. The third-order valence-electron chi connectivity index (χ3n) is 2.56. The van der Waals surface area contributed by atoms with Crippen molar-refractivity contribution >= 4 is 5.78 Å². The van der Waals surface area contributed by atoms with Crippen LogP contribution in [0.4, 0.5) is 0 Å². The summed E-state index contributed by atoms with van der Waals surface area (Å²) in [5.74, 6) is 0.203. The molecule has 0 spiro atoms. The van der Waals surface area contributed by atoms with Gasteiger partial charge < -0.3 is 4.74 Å². The lowest BCUT2D eigenvalue weighted by Crippen LogP contribution is -2.09. The van der Waals surface area contributed by atoms with Crippen LogP contribution in [-0.4, -0.2) is 11.9 Å². The minimum atomic E-state index is 0.0372. The Balaban J connectivity index is 2.44. The molecule has 0 amide bonds. The minimum absolute atomic E-state index is 0.0372. The molecule has 0 bridgehead atoms. The summed E-state index contributed by atoms with van der Waals surface area (Å²) >= 11 is 0. The number of hydrogen-bond acceptors (Lipinski definition) is 2. The second-order valence-electron chi connectivity index (χ2n) is 3.91. The third-order valence-corrected chi connectivity index (χ3v) is 2.56. The number of carbonyl (C=O) groups is 1. The van der Waals surface area contributed by atoms with Gasteiger partial charge in [-0.05, 0) is 25.5 Å². The average molecular weight is 190 g/mol. The number of rotatable bonds is 0. The molecule has 0 saturated heterocycles. The van der Waals surface area contributed by atoms with Crippen LogP contribution >= 0.6 is 0 Å². The SMILES string of the molecule is Cc1ccc2c(c1)C(=O)CC(C)OC2. The van der Waals surface area contributed by atoms with Gasteiger partial charge in [-0.15, -0.1) is 0 Å². The van der Waals surface area contributed by atoms with Crippen LogP contribution in [0.5, 0.6) is 0 Å². The largest absolute Gasteiger partial charge is 0.373 e. The van der Waals surface area contributed by atoms with Gasteiger partial charge in [0.05, 0.1) is 12.7 Å². The Morgan fingerprint density at radius 3 is 3.00 bits per heavy atom. The summed E-state index contributed by atoms with van der Waals surface area (Å²) in [6.07, 6.45) is 0.534. The molecule has 1 heterocycles. The van der Waals surface area contributed by atoms with E-state index in [9.17, 15) is 4.79 Å². The first-order chi connectivity index (χ1) is 6.66. The van der Waals surface area contributed by atoms with E-state index in [0.717, 1.165) is 16.7 Å². The van der Waals surface area contributed by atoms with Crippen LogP contribution in [0.25, 0.3) is 0 Å². The van der Waals surface area contributed by atoms with Crippen molar-refractivity contribution in [1.82, 2.24) is 0 Å². The van der Waals surface area contributed by atoms with Gasteiger partial charge in [0.2, 0.25) is 0 Å². The average Bonchev–Trinajstić information content (AvgIpc) is 2.27. The van der Waals surface area contributed by atoms with Gasteiger partial charge in [0, 0.05) is 12.0 Å². The van der Waals surface area contributed by atoms with E-state index in [0.29, 0.717) is 13.0 Å². The lowest BCUT2D eigenvalue weighted by Gasteiger charge is -2.06. The molecule has 2 rings (SSSR count). The molecular formula is C12H14O2. The molecule has 1 aromatic rings. The van der Waals surface area contributed by atoms with Gasteiger partial charge in [0.15, 0.2) is 5.78 Å². The zero-order valence-corrected chi connectivity index (χ0v) is 8.54. The summed E-state index contributed by atoms with van der Waals surface area (Å²) in [6.45, 7) is 4.50. The van der Waals surface area contributed by atoms with Crippen LogP contribution in [0.3, 0.4) is 0 Å². The van der Waals surface area contributed by atoms with E-state index in [1.54, 1.807) is 0 Å². The fraction of sp³-hybridized carbons (Fsp3) is 0.417. The van der Waals surface area contributed by atoms with E-state index < -0.39 is 0 Å². The second-order valence-corrected chi connectivity index (χ2v) is 3.91. The van der Waals surface area contributed by atoms with E-state index in [1.165, 1.54) is 0 Å². The number of ether oxygens (including phenoxy) is 1. The van der Waals surface area contributed by atoms with Crippen molar-refractivity contribution in [2.45, 2.75) is 33.0 Å². The van der Waals surface area contributed by atoms with Crippen LogP contribution in [0, 0.1) is 6.92 Å². The van der Waals surface area contributed by atoms with E-state index in [2.05, 4.69) is 0 Å². The van der Waals surface area contributed by atoms with Crippen LogP contribution in [0.2, 0.25) is 0 Å². The number of carbonyl (C=O) groups excluding carboxylic acids is 1. The molecule has 0 saturated carbocycles. The van der Waals surface area contributed by atoms with E-state index in [1.807, 2.05) is 32.0 Å². The molecule has 74 valence electrons. The van der Waals surface area contributed by atoms with Gasteiger partial charge in [0.25, 0.3) is 0 Å². The highest BCUT2D eigenvalue weighted by molar-refractivity contribution is 5.98. The van der Waals surface area contributed by atoms with Crippen molar-refractivity contribution in [1.29, 1.82) is 0 Å². The van der Waals surface area contributed by atoms with Crippen LogP contribution in [0.1, 0.15) is 34.8 Å². The van der Waals surface area contributed by atoms with Crippen molar-refractivity contribution in [2.75, 3.05) is 0 Å². The molecule has 0 aliphatic carbocycles. The quantitative estimate of drug-likeness (QED) is 0.628. The maximum Gasteiger partial charge on any atom is 0.165 e. The molecule has 0 radical (unpaired) electrons. The molecule has 2 heteroatoms. The number of fused-ring (bicyclic) bond motifs is 1. The summed E-state index contributed by atoms with van der Waals surface area (Å²) in [4.78, 5) is 11.8. The molecule has 2 nitrogen and oxygen atoms in total. The fourth-order valence-corrected chi connectivity index (χ4v) is 1.74. The first kappa shape index (κ1) is 9.41. The number of Topliss-reactive ketones (excluding diaryl/α,β-unsaturated/α-hetero) is 1. The normalized spacial score (nSPS) is 21.6. The number of aryl methyl sites for hydroxylation is 1. The van der Waals surface area contributed by atoms with E-state index in [4.69, 9.17) is 4.74 Å².